The number of rotatable bonds is 2. The molecule has 0 aliphatic heterocycles. The minimum atomic E-state index is -0.832. The van der Waals surface area contributed by atoms with E-state index >= 15 is 0 Å². The van der Waals surface area contributed by atoms with Gasteiger partial charge in [-0.3, -0.25) is 0 Å². The van der Waals surface area contributed by atoms with Crippen molar-refractivity contribution in [3.8, 4) is 11.1 Å². The monoisotopic (exact) mass is 299 g/mol. The molecule has 0 amide bonds. The number of esters is 1. The Kier molecular flexibility index (Phi) is 4.02. The molecule has 0 spiro atoms. The Morgan fingerprint density at radius 2 is 2.11 bits per heavy atom. The number of benzene rings is 1. The minimum absolute atomic E-state index is 0.302. The van der Waals surface area contributed by atoms with Gasteiger partial charge in [0.15, 0.2) is 11.5 Å². The van der Waals surface area contributed by atoms with Gasteiger partial charge < -0.3 is 4.74 Å². The van der Waals surface area contributed by atoms with E-state index in [2.05, 4.69) is 9.72 Å². The van der Waals surface area contributed by atoms with Crippen LogP contribution in [-0.2, 0) is 4.74 Å². The molecule has 3 nitrogen and oxygen atoms in total. The van der Waals surface area contributed by atoms with Crippen molar-refractivity contribution in [3.63, 3.8) is 0 Å². The average molecular weight is 300 g/mol. The van der Waals surface area contributed by atoms with E-state index in [1.165, 1.54) is 6.20 Å². The maximum Gasteiger partial charge on any atom is 0.359 e. The van der Waals surface area contributed by atoms with E-state index in [-0.39, 0.29) is 5.69 Å². The Morgan fingerprint density at radius 3 is 2.74 bits per heavy atom. The van der Waals surface area contributed by atoms with Gasteiger partial charge in [-0.2, -0.15) is 0 Å². The smallest absolute Gasteiger partial charge is 0.359 e. The maximum atomic E-state index is 13.8. The number of carbonyl (C=O) groups excluding carboxylic acids is 1. The molecular formula is C13H8Cl2FNO2. The van der Waals surface area contributed by atoms with Crippen molar-refractivity contribution in [2.24, 2.45) is 0 Å². The highest BCUT2D eigenvalue weighted by atomic mass is 35.5. The summed E-state index contributed by atoms with van der Waals surface area (Å²) in [7, 11) is 1.16. The van der Waals surface area contributed by atoms with Crippen molar-refractivity contribution in [2.75, 3.05) is 7.11 Å². The van der Waals surface area contributed by atoms with Crippen molar-refractivity contribution in [1.82, 2.24) is 4.98 Å². The summed E-state index contributed by atoms with van der Waals surface area (Å²) in [5, 5.41) is 0.660. The highest BCUT2D eigenvalue weighted by molar-refractivity contribution is 6.43. The van der Waals surface area contributed by atoms with Crippen LogP contribution < -0.4 is 0 Å². The summed E-state index contributed by atoms with van der Waals surface area (Å²) in [4.78, 5) is 15.0. The van der Waals surface area contributed by atoms with Crippen molar-refractivity contribution >= 4 is 29.2 Å². The summed E-state index contributed by atoms with van der Waals surface area (Å²) in [5.41, 5.74) is 0.596. The molecule has 0 saturated carbocycles. The molecule has 0 aliphatic carbocycles. The largest absolute Gasteiger partial charge is 0.464 e. The average Bonchev–Trinajstić information content (AvgIpc) is 2.41. The number of hydrogen-bond donors (Lipinski definition) is 0. The second-order valence-corrected chi connectivity index (χ2v) is 4.43. The molecule has 0 bridgehead atoms. The molecule has 2 aromatic rings. The zero-order valence-corrected chi connectivity index (χ0v) is 11.3. The number of ether oxygens (including phenoxy) is 1. The van der Waals surface area contributed by atoms with Crippen LogP contribution >= 0.6 is 23.2 Å². The van der Waals surface area contributed by atoms with Gasteiger partial charge in [0.05, 0.1) is 17.2 Å². The number of carbonyl (C=O) groups is 1. The van der Waals surface area contributed by atoms with Gasteiger partial charge in [-0.05, 0) is 12.1 Å². The van der Waals surface area contributed by atoms with Crippen molar-refractivity contribution < 1.29 is 13.9 Å². The predicted octanol–water partition coefficient (Wildman–Crippen LogP) is 3.98. The lowest BCUT2D eigenvalue weighted by Crippen LogP contribution is -2.07. The lowest BCUT2D eigenvalue weighted by Gasteiger charge is -2.07. The maximum absolute atomic E-state index is 13.8. The first-order valence-corrected chi connectivity index (χ1v) is 5.98. The van der Waals surface area contributed by atoms with E-state index in [9.17, 15) is 9.18 Å². The number of nitrogens with zero attached hydrogens (tertiary/aromatic N) is 1. The fraction of sp³-hybridized carbons (Fsp3) is 0.0769. The summed E-state index contributed by atoms with van der Waals surface area (Å²) in [5.74, 6) is -1.61. The second-order valence-electron chi connectivity index (χ2n) is 3.65. The molecule has 1 heterocycles. The predicted molar refractivity (Wildman–Crippen MR) is 71.0 cm³/mol. The van der Waals surface area contributed by atoms with Gasteiger partial charge in [0.25, 0.3) is 0 Å². The van der Waals surface area contributed by atoms with Gasteiger partial charge in [0.1, 0.15) is 0 Å². The Morgan fingerprint density at radius 1 is 1.37 bits per heavy atom. The van der Waals surface area contributed by atoms with Crippen LogP contribution in [0.2, 0.25) is 10.0 Å². The van der Waals surface area contributed by atoms with E-state index in [1.807, 2.05) is 0 Å². The lowest BCUT2D eigenvalue weighted by molar-refractivity contribution is 0.0588. The van der Waals surface area contributed by atoms with Gasteiger partial charge in [0.2, 0.25) is 0 Å². The first-order valence-electron chi connectivity index (χ1n) is 5.23. The van der Waals surface area contributed by atoms with E-state index in [4.69, 9.17) is 23.2 Å². The van der Waals surface area contributed by atoms with Crippen LogP contribution in [0.1, 0.15) is 10.5 Å². The van der Waals surface area contributed by atoms with E-state index < -0.39 is 11.8 Å². The Hall–Kier alpha value is -1.65. The molecule has 0 atom stereocenters. The first kappa shape index (κ1) is 13.8. The van der Waals surface area contributed by atoms with Crippen molar-refractivity contribution in [3.05, 3.63) is 52.0 Å². The van der Waals surface area contributed by atoms with Crippen molar-refractivity contribution in [2.45, 2.75) is 0 Å². The highest BCUT2D eigenvalue weighted by Gasteiger charge is 2.16. The standard InChI is InChI=1S/C13H8Cl2FNO2/c1-19-13(18)12-10(16)5-7(6-17-12)8-3-2-4-9(14)11(8)15/h2-6H,1H3. The molecular weight excluding hydrogens is 292 g/mol. The zero-order chi connectivity index (χ0) is 14.0. The molecule has 1 aromatic carbocycles. The third kappa shape index (κ3) is 2.69. The van der Waals surface area contributed by atoms with Crippen LogP contribution in [0.15, 0.2) is 30.5 Å². The van der Waals surface area contributed by atoms with Gasteiger partial charge in [0, 0.05) is 17.3 Å². The molecule has 0 aliphatic rings. The number of halogens is 3. The van der Waals surface area contributed by atoms with Crippen LogP contribution in [0.3, 0.4) is 0 Å². The van der Waals surface area contributed by atoms with Crippen LogP contribution in [0.5, 0.6) is 0 Å². The molecule has 6 heteroatoms. The van der Waals surface area contributed by atoms with Gasteiger partial charge in [-0.1, -0.05) is 35.3 Å². The van der Waals surface area contributed by atoms with Crippen LogP contribution in [-0.4, -0.2) is 18.1 Å². The first-order chi connectivity index (χ1) is 9.04. The summed E-state index contributed by atoms with van der Waals surface area (Å²) in [6, 6.07) is 6.16. The van der Waals surface area contributed by atoms with Gasteiger partial charge in [-0.15, -0.1) is 0 Å². The van der Waals surface area contributed by atoms with Crippen LogP contribution in [0.25, 0.3) is 11.1 Å². The normalized spacial score (nSPS) is 10.3. The third-order valence-electron chi connectivity index (χ3n) is 2.48. The van der Waals surface area contributed by atoms with Crippen LogP contribution in [0.4, 0.5) is 4.39 Å². The van der Waals surface area contributed by atoms with E-state index in [0.717, 1.165) is 13.2 Å². The fourth-order valence-corrected chi connectivity index (χ4v) is 1.97. The summed E-state index contributed by atoms with van der Waals surface area (Å²) in [6.07, 6.45) is 1.34. The minimum Gasteiger partial charge on any atom is -0.464 e. The van der Waals surface area contributed by atoms with E-state index in [1.54, 1.807) is 18.2 Å². The lowest BCUT2D eigenvalue weighted by atomic mass is 10.1. The van der Waals surface area contributed by atoms with E-state index in [0.29, 0.717) is 21.2 Å². The number of hydrogen-bond acceptors (Lipinski definition) is 3. The molecule has 1 aromatic heterocycles. The van der Waals surface area contributed by atoms with Crippen LogP contribution in [0, 0.1) is 5.82 Å². The Labute approximate surface area is 118 Å². The fourth-order valence-electron chi connectivity index (χ4n) is 1.56. The molecule has 0 fully saturated rings. The SMILES string of the molecule is COC(=O)c1ncc(-c2cccc(Cl)c2Cl)cc1F. The Balaban J connectivity index is 2.51. The second kappa shape index (κ2) is 5.55. The zero-order valence-electron chi connectivity index (χ0n) is 9.78. The summed E-state index contributed by atoms with van der Waals surface area (Å²) < 4.78 is 18.2. The molecule has 0 saturated heterocycles. The molecule has 19 heavy (non-hydrogen) atoms. The number of methoxy groups -OCH3 is 1. The quantitative estimate of drug-likeness (QED) is 0.787. The number of pyridine rings is 1. The third-order valence-corrected chi connectivity index (χ3v) is 3.30. The molecule has 2 rings (SSSR count). The highest BCUT2D eigenvalue weighted by Crippen LogP contribution is 2.33. The Bertz CT molecular complexity index is 647. The molecule has 0 radical (unpaired) electrons. The number of aromatic nitrogens is 1. The topological polar surface area (TPSA) is 39.2 Å². The molecule has 0 unspecified atom stereocenters. The summed E-state index contributed by atoms with van der Waals surface area (Å²) in [6.45, 7) is 0. The van der Waals surface area contributed by atoms with Crippen molar-refractivity contribution in [1.29, 1.82) is 0 Å². The van der Waals surface area contributed by atoms with Gasteiger partial charge >= 0.3 is 5.97 Å². The summed E-state index contributed by atoms with van der Waals surface area (Å²) >= 11 is 11.9. The van der Waals surface area contributed by atoms with Gasteiger partial charge in [-0.25, -0.2) is 14.2 Å². The molecule has 98 valence electrons. The molecule has 0 N–H and O–H groups in total.